The summed E-state index contributed by atoms with van der Waals surface area (Å²) < 4.78 is 1.11. The summed E-state index contributed by atoms with van der Waals surface area (Å²) in [6.07, 6.45) is 1.49. The second-order valence-corrected chi connectivity index (χ2v) is 5.97. The molecule has 0 aromatic carbocycles. The fourth-order valence-electron chi connectivity index (χ4n) is 1.55. The van der Waals surface area contributed by atoms with Gasteiger partial charge in [-0.15, -0.1) is 11.3 Å². The van der Waals surface area contributed by atoms with E-state index in [1.807, 2.05) is 14.0 Å². The Kier molecular flexibility index (Phi) is 4.01. The molecule has 0 aliphatic heterocycles. The molecule has 0 saturated carbocycles. The highest BCUT2D eigenvalue weighted by Crippen LogP contribution is 2.25. The van der Waals surface area contributed by atoms with Gasteiger partial charge in [-0.05, 0) is 28.9 Å². The van der Waals surface area contributed by atoms with Gasteiger partial charge in [0.15, 0.2) is 0 Å². The highest BCUT2D eigenvalue weighted by molar-refractivity contribution is 9.10. The summed E-state index contributed by atoms with van der Waals surface area (Å²) in [6, 6.07) is 2.11. The molecule has 3 nitrogen and oxygen atoms in total. The first-order chi connectivity index (χ1) is 8.08. The van der Waals surface area contributed by atoms with Crippen LogP contribution in [0.5, 0.6) is 0 Å². The van der Waals surface area contributed by atoms with Crippen molar-refractivity contribution < 1.29 is 0 Å². The van der Waals surface area contributed by atoms with E-state index in [9.17, 15) is 0 Å². The zero-order valence-electron chi connectivity index (χ0n) is 9.44. The fourth-order valence-corrected chi connectivity index (χ4v) is 3.18. The molecule has 0 saturated heterocycles. The lowest BCUT2D eigenvalue weighted by Gasteiger charge is -2.19. The number of hydrogen-bond acceptors (Lipinski definition) is 4. The number of anilines is 1. The van der Waals surface area contributed by atoms with Gasteiger partial charge in [0, 0.05) is 27.3 Å². The molecule has 2 aromatic heterocycles. The van der Waals surface area contributed by atoms with Crippen LogP contribution in [0.3, 0.4) is 0 Å². The summed E-state index contributed by atoms with van der Waals surface area (Å²) in [4.78, 5) is 11.6. The summed E-state index contributed by atoms with van der Waals surface area (Å²) in [7, 11) is 2.00. The van der Waals surface area contributed by atoms with Crippen LogP contribution in [0.2, 0.25) is 5.15 Å². The second kappa shape index (κ2) is 5.33. The lowest BCUT2D eigenvalue weighted by atomic mass is 10.3. The Morgan fingerprint density at radius 3 is 2.88 bits per heavy atom. The molecule has 0 fully saturated rings. The van der Waals surface area contributed by atoms with Gasteiger partial charge in [-0.3, -0.25) is 0 Å². The molecule has 0 unspecified atom stereocenters. The number of aromatic nitrogens is 2. The second-order valence-electron chi connectivity index (χ2n) is 3.70. The number of rotatable bonds is 3. The molecule has 0 amide bonds. The molecule has 90 valence electrons. The highest BCUT2D eigenvalue weighted by atomic mass is 79.9. The largest absolute Gasteiger partial charge is 0.354 e. The number of hydrogen-bond donors (Lipinski definition) is 0. The molecule has 0 atom stereocenters. The average Bonchev–Trinajstić information content (AvgIpc) is 2.68. The quantitative estimate of drug-likeness (QED) is 0.798. The molecule has 17 heavy (non-hydrogen) atoms. The maximum atomic E-state index is 5.98. The SMILES string of the molecule is Cc1c(Cl)ncnc1N(C)Cc1cc(Br)cs1. The molecule has 2 aromatic rings. The van der Waals surface area contributed by atoms with Gasteiger partial charge in [0.2, 0.25) is 0 Å². The predicted molar refractivity (Wildman–Crippen MR) is 75.9 cm³/mol. The van der Waals surface area contributed by atoms with E-state index in [1.54, 1.807) is 11.3 Å². The van der Waals surface area contributed by atoms with E-state index in [0.29, 0.717) is 5.15 Å². The molecule has 0 N–H and O–H groups in total. The summed E-state index contributed by atoms with van der Waals surface area (Å²) in [5.74, 6) is 0.870. The van der Waals surface area contributed by atoms with Crippen molar-refractivity contribution in [1.29, 1.82) is 0 Å². The van der Waals surface area contributed by atoms with Gasteiger partial charge < -0.3 is 4.90 Å². The van der Waals surface area contributed by atoms with Crippen molar-refractivity contribution >= 4 is 44.7 Å². The zero-order valence-corrected chi connectivity index (χ0v) is 12.6. The maximum absolute atomic E-state index is 5.98. The minimum absolute atomic E-state index is 0.509. The van der Waals surface area contributed by atoms with Gasteiger partial charge in [-0.25, -0.2) is 9.97 Å². The topological polar surface area (TPSA) is 29.0 Å². The molecule has 0 spiro atoms. The zero-order chi connectivity index (χ0) is 12.4. The van der Waals surface area contributed by atoms with Crippen molar-refractivity contribution in [2.24, 2.45) is 0 Å². The molecule has 0 radical (unpaired) electrons. The van der Waals surface area contributed by atoms with E-state index in [-0.39, 0.29) is 0 Å². The minimum atomic E-state index is 0.509. The smallest absolute Gasteiger partial charge is 0.137 e. The standard InChI is InChI=1S/C11H11BrClN3S/c1-7-10(13)14-6-15-11(7)16(2)4-9-3-8(12)5-17-9/h3,5-6H,4H2,1-2H3. The minimum Gasteiger partial charge on any atom is -0.354 e. The Bertz CT molecular complexity index is 529. The van der Waals surface area contributed by atoms with Crippen LogP contribution in [0.15, 0.2) is 22.2 Å². The van der Waals surface area contributed by atoms with E-state index >= 15 is 0 Å². The summed E-state index contributed by atoms with van der Waals surface area (Å²) in [5.41, 5.74) is 0.910. The lowest BCUT2D eigenvalue weighted by Crippen LogP contribution is -2.18. The molecular weight excluding hydrogens is 322 g/mol. The van der Waals surface area contributed by atoms with Crippen LogP contribution in [0, 0.1) is 6.92 Å². The Morgan fingerprint density at radius 1 is 1.47 bits per heavy atom. The number of thiophene rings is 1. The van der Waals surface area contributed by atoms with E-state index in [2.05, 4.69) is 42.2 Å². The van der Waals surface area contributed by atoms with Gasteiger partial charge in [0.1, 0.15) is 17.3 Å². The molecule has 0 bridgehead atoms. The van der Waals surface area contributed by atoms with E-state index in [1.165, 1.54) is 11.2 Å². The van der Waals surface area contributed by atoms with Crippen molar-refractivity contribution in [3.8, 4) is 0 Å². The van der Waals surface area contributed by atoms with Gasteiger partial charge >= 0.3 is 0 Å². The highest BCUT2D eigenvalue weighted by Gasteiger charge is 2.10. The van der Waals surface area contributed by atoms with Crippen LogP contribution in [0.1, 0.15) is 10.4 Å². The molecular formula is C11H11BrClN3S. The summed E-state index contributed by atoms with van der Waals surface area (Å²) in [6.45, 7) is 2.74. The first kappa shape index (κ1) is 12.8. The first-order valence-corrected chi connectivity index (χ1v) is 7.04. The monoisotopic (exact) mass is 331 g/mol. The van der Waals surface area contributed by atoms with Crippen molar-refractivity contribution in [2.75, 3.05) is 11.9 Å². The molecule has 2 rings (SSSR count). The van der Waals surface area contributed by atoms with Crippen LogP contribution in [0.4, 0.5) is 5.82 Å². The van der Waals surface area contributed by atoms with Gasteiger partial charge in [0.25, 0.3) is 0 Å². The van der Waals surface area contributed by atoms with E-state index in [4.69, 9.17) is 11.6 Å². The van der Waals surface area contributed by atoms with Crippen molar-refractivity contribution in [3.63, 3.8) is 0 Å². The fraction of sp³-hybridized carbons (Fsp3) is 0.273. The number of halogens is 2. The van der Waals surface area contributed by atoms with Crippen LogP contribution in [-0.4, -0.2) is 17.0 Å². The Balaban J connectivity index is 2.20. The van der Waals surface area contributed by atoms with Gasteiger partial charge in [-0.2, -0.15) is 0 Å². The van der Waals surface area contributed by atoms with Gasteiger partial charge in [-0.1, -0.05) is 11.6 Å². The predicted octanol–water partition coefficient (Wildman–Crippen LogP) is 3.90. The third-order valence-electron chi connectivity index (χ3n) is 2.37. The van der Waals surface area contributed by atoms with Crippen LogP contribution >= 0.6 is 38.9 Å². The van der Waals surface area contributed by atoms with Crippen LogP contribution in [0.25, 0.3) is 0 Å². The van der Waals surface area contributed by atoms with Crippen LogP contribution in [-0.2, 0) is 6.54 Å². The number of nitrogens with zero attached hydrogens (tertiary/aromatic N) is 3. The average molecular weight is 333 g/mol. The normalized spacial score (nSPS) is 10.6. The van der Waals surface area contributed by atoms with E-state index < -0.39 is 0 Å². The lowest BCUT2D eigenvalue weighted by molar-refractivity contribution is 0.894. The summed E-state index contributed by atoms with van der Waals surface area (Å²) >= 11 is 11.1. The third-order valence-corrected chi connectivity index (χ3v) is 4.44. The summed E-state index contributed by atoms with van der Waals surface area (Å²) in [5, 5.41) is 2.58. The Morgan fingerprint density at radius 2 is 2.24 bits per heavy atom. The van der Waals surface area contributed by atoms with Crippen molar-refractivity contribution in [1.82, 2.24) is 9.97 Å². The molecule has 2 heterocycles. The van der Waals surface area contributed by atoms with Crippen LogP contribution < -0.4 is 4.90 Å². The Labute approximate surface area is 118 Å². The molecule has 0 aliphatic rings. The molecule has 6 heteroatoms. The van der Waals surface area contributed by atoms with Crippen molar-refractivity contribution in [3.05, 3.63) is 37.8 Å². The Hall–Kier alpha value is -0.650. The third kappa shape index (κ3) is 2.97. The first-order valence-electron chi connectivity index (χ1n) is 4.99. The van der Waals surface area contributed by atoms with E-state index in [0.717, 1.165) is 22.4 Å². The van der Waals surface area contributed by atoms with Crippen molar-refractivity contribution in [2.45, 2.75) is 13.5 Å². The maximum Gasteiger partial charge on any atom is 0.137 e. The molecule has 0 aliphatic carbocycles. The van der Waals surface area contributed by atoms with Gasteiger partial charge in [0.05, 0.1) is 6.54 Å².